The van der Waals surface area contributed by atoms with Gasteiger partial charge in [-0.1, -0.05) is 18.2 Å². The summed E-state index contributed by atoms with van der Waals surface area (Å²) >= 11 is 0. The summed E-state index contributed by atoms with van der Waals surface area (Å²) in [4.78, 5) is 0. The Labute approximate surface area is 116 Å². The lowest BCUT2D eigenvalue weighted by Gasteiger charge is -2.26. The second kappa shape index (κ2) is 7.04. The highest BCUT2D eigenvalue weighted by Crippen LogP contribution is 2.19. The Morgan fingerprint density at radius 2 is 2.16 bits per heavy atom. The van der Waals surface area contributed by atoms with E-state index in [4.69, 9.17) is 10.6 Å². The van der Waals surface area contributed by atoms with E-state index in [1.54, 1.807) is 0 Å². The fourth-order valence-corrected chi connectivity index (χ4v) is 2.74. The molecular weight excluding hydrogens is 236 g/mol. The smallest absolute Gasteiger partial charge is 0.0590 e. The molecule has 0 bridgehead atoms. The average Bonchev–Trinajstić information content (AvgIpc) is 2.43. The number of hydrazine groups is 1. The molecule has 1 aliphatic heterocycles. The van der Waals surface area contributed by atoms with E-state index in [1.807, 2.05) is 0 Å². The quantitative estimate of drug-likeness (QED) is 0.633. The molecule has 0 aromatic heterocycles. The van der Waals surface area contributed by atoms with E-state index in [0.717, 1.165) is 19.4 Å². The average molecular weight is 262 g/mol. The van der Waals surface area contributed by atoms with Crippen LogP contribution in [0.3, 0.4) is 0 Å². The standard InChI is InChI=1S/C16H26N2O/c1-12-6-7-14(9-13(12)2)10-15(18-17)11-16-5-3-4-8-19-16/h6-7,9,15-16,18H,3-5,8,10-11,17H2,1-2H3. The van der Waals surface area contributed by atoms with Crippen molar-refractivity contribution < 1.29 is 4.74 Å². The van der Waals surface area contributed by atoms with Gasteiger partial charge in [0.2, 0.25) is 0 Å². The molecule has 0 saturated carbocycles. The second-order valence-corrected chi connectivity index (χ2v) is 5.71. The Bertz CT molecular complexity index is 400. The number of ether oxygens (including phenoxy) is 1. The van der Waals surface area contributed by atoms with E-state index in [2.05, 4.69) is 37.5 Å². The van der Waals surface area contributed by atoms with Crippen LogP contribution in [-0.2, 0) is 11.2 Å². The summed E-state index contributed by atoms with van der Waals surface area (Å²) in [5.74, 6) is 5.70. The molecule has 2 rings (SSSR count). The molecule has 1 aliphatic rings. The number of hydrogen-bond donors (Lipinski definition) is 2. The molecule has 1 fully saturated rings. The van der Waals surface area contributed by atoms with Crippen LogP contribution in [0.25, 0.3) is 0 Å². The Balaban J connectivity index is 1.92. The number of nitrogens with one attached hydrogen (secondary N) is 1. The van der Waals surface area contributed by atoms with Gasteiger partial charge in [-0.15, -0.1) is 0 Å². The van der Waals surface area contributed by atoms with Crippen molar-refractivity contribution >= 4 is 0 Å². The summed E-state index contributed by atoms with van der Waals surface area (Å²) in [7, 11) is 0. The zero-order chi connectivity index (χ0) is 13.7. The molecule has 1 aromatic carbocycles. The fraction of sp³-hybridized carbons (Fsp3) is 0.625. The summed E-state index contributed by atoms with van der Waals surface area (Å²) in [6.07, 6.45) is 6.01. The monoisotopic (exact) mass is 262 g/mol. The Morgan fingerprint density at radius 3 is 2.79 bits per heavy atom. The van der Waals surface area contributed by atoms with Gasteiger partial charge in [-0.25, -0.2) is 0 Å². The first kappa shape index (κ1) is 14.5. The third-order valence-corrected chi connectivity index (χ3v) is 4.11. The molecular formula is C16H26N2O. The highest BCUT2D eigenvalue weighted by atomic mass is 16.5. The van der Waals surface area contributed by atoms with Gasteiger partial charge >= 0.3 is 0 Å². The van der Waals surface area contributed by atoms with Crippen LogP contribution in [0.15, 0.2) is 18.2 Å². The molecule has 3 nitrogen and oxygen atoms in total. The van der Waals surface area contributed by atoms with Gasteiger partial charge in [-0.2, -0.15) is 0 Å². The molecule has 0 aliphatic carbocycles. The second-order valence-electron chi connectivity index (χ2n) is 5.71. The summed E-state index contributed by atoms with van der Waals surface area (Å²) < 4.78 is 5.80. The number of benzene rings is 1. The molecule has 3 N–H and O–H groups in total. The number of nitrogens with two attached hydrogens (primary N) is 1. The normalized spacial score (nSPS) is 21.3. The molecule has 1 heterocycles. The van der Waals surface area contributed by atoms with Crippen molar-refractivity contribution in [1.29, 1.82) is 0 Å². The SMILES string of the molecule is Cc1ccc(CC(CC2CCCCO2)NN)cc1C. The first-order valence-electron chi connectivity index (χ1n) is 7.33. The van der Waals surface area contributed by atoms with Crippen LogP contribution in [0.5, 0.6) is 0 Å². The Hall–Kier alpha value is -0.900. The molecule has 1 saturated heterocycles. The van der Waals surface area contributed by atoms with Gasteiger partial charge < -0.3 is 4.74 Å². The topological polar surface area (TPSA) is 47.3 Å². The molecule has 1 aromatic rings. The summed E-state index contributed by atoms with van der Waals surface area (Å²) in [6.45, 7) is 5.22. The van der Waals surface area contributed by atoms with Crippen LogP contribution >= 0.6 is 0 Å². The van der Waals surface area contributed by atoms with Crippen LogP contribution in [0, 0.1) is 13.8 Å². The minimum absolute atomic E-state index is 0.296. The van der Waals surface area contributed by atoms with Gasteiger partial charge in [0.15, 0.2) is 0 Å². The van der Waals surface area contributed by atoms with Gasteiger partial charge in [0.1, 0.15) is 0 Å². The van der Waals surface area contributed by atoms with Crippen LogP contribution < -0.4 is 11.3 Å². The van der Waals surface area contributed by atoms with E-state index in [1.165, 1.54) is 36.0 Å². The lowest BCUT2D eigenvalue weighted by molar-refractivity contribution is 0.00524. The van der Waals surface area contributed by atoms with Gasteiger partial charge in [0.25, 0.3) is 0 Å². The molecule has 106 valence electrons. The highest BCUT2D eigenvalue weighted by Gasteiger charge is 2.19. The van der Waals surface area contributed by atoms with Crippen LogP contribution in [0.4, 0.5) is 0 Å². The molecule has 2 unspecified atom stereocenters. The van der Waals surface area contributed by atoms with Gasteiger partial charge in [-0.3, -0.25) is 11.3 Å². The zero-order valence-corrected chi connectivity index (χ0v) is 12.1. The lowest BCUT2D eigenvalue weighted by atomic mass is 9.96. The van der Waals surface area contributed by atoms with Gasteiger partial charge in [0, 0.05) is 12.6 Å². The van der Waals surface area contributed by atoms with Crippen LogP contribution in [0.1, 0.15) is 42.4 Å². The summed E-state index contributed by atoms with van der Waals surface area (Å²) in [5, 5.41) is 0. The fourth-order valence-electron chi connectivity index (χ4n) is 2.74. The van der Waals surface area contributed by atoms with Crippen molar-refractivity contribution in [3.8, 4) is 0 Å². The Kier molecular flexibility index (Phi) is 5.37. The maximum absolute atomic E-state index is 5.80. The third kappa shape index (κ3) is 4.30. The predicted octanol–water partition coefficient (Wildman–Crippen LogP) is 2.64. The van der Waals surface area contributed by atoms with E-state index >= 15 is 0 Å². The first-order chi connectivity index (χ1) is 9.19. The molecule has 0 spiro atoms. The van der Waals surface area contributed by atoms with E-state index in [-0.39, 0.29) is 0 Å². The van der Waals surface area contributed by atoms with Crippen molar-refractivity contribution in [3.05, 3.63) is 34.9 Å². The number of aryl methyl sites for hydroxylation is 2. The maximum atomic E-state index is 5.80. The van der Waals surface area contributed by atoms with E-state index in [0.29, 0.717) is 12.1 Å². The molecule has 0 amide bonds. The molecule has 0 radical (unpaired) electrons. The number of hydrogen-bond acceptors (Lipinski definition) is 3. The highest BCUT2D eigenvalue weighted by molar-refractivity contribution is 5.30. The minimum Gasteiger partial charge on any atom is -0.378 e. The van der Waals surface area contributed by atoms with Crippen LogP contribution in [-0.4, -0.2) is 18.8 Å². The summed E-state index contributed by atoms with van der Waals surface area (Å²) in [6, 6.07) is 6.95. The van der Waals surface area contributed by atoms with E-state index in [9.17, 15) is 0 Å². The number of rotatable bonds is 5. The third-order valence-electron chi connectivity index (χ3n) is 4.11. The predicted molar refractivity (Wildman–Crippen MR) is 78.9 cm³/mol. The van der Waals surface area contributed by atoms with Crippen LogP contribution in [0.2, 0.25) is 0 Å². The zero-order valence-electron chi connectivity index (χ0n) is 12.1. The molecule has 2 atom stereocenters. The molecule has 19 heavy (non-hydrogen) atoms. The van der Waals surface area contributed by atoms with Crippen molar-refractivity contribution in [2.24, 2.45) is 5.84 Å². The maximum Gasteiger partial charge on any atom is 0.0590 e. The van der Waals surface area contributed by atoms with Crippen molar-refractivity contribution in [2.45, 2.75) is 58.1 Å². The van der Waals surface area contributed by atoms with Gasteiger partial charge in [0.05, 0.1) is 6.10 Å². The van der Waals surface area contributed by atoms with Gasteiger partial charge in [-0.05, 0) is 62.6 Å². The lowest BCUT2D eigenvalue weighted by Crippen LogP contribution is -2.40. The molecule has 3 heteroatoms. The summed E-state index contributed by atoms with van der Waals surface area (Å²) in [5.41, 5.74) is 6.99. The van der Waals surface area contributed by atoms with E-state index < -0.39 is 0 Å². The van der Waals surface area contributed by atoms with Crippen molar-refractivity contribution in [1.82, 2.24) is 5.43 Å². The largest absolute Gasteiger partial charge is 0.378 e. The first-order valence-corrected chi connectivity index (χ1v) is 7.33. The van der Waals surface area contributed by atoms with Crippen molar-refractivity contribution in [2.75, 3.05) is 6.61 Å². The van der Waals surface area contributed by atoms with Crippen molar-refractivity contribution in [3.63, 3.8) is 0 Å². The minimum atomic E-state index is 0.296. The Morgan fingerprint density at radius 1 is 1.32 bits per heavy atom.